The number of aromatic nitrogens is 2. The minimum atomic E-state index is 0.00179. The van der Waals surface area contributed by atoms with Crippen LogP contribution in [-0.2, 0) is 13.0 Å². The van der Waals surface area contributed by atoms with Gasteiger partial charge >= 0.3 is 0 Å². The zero-order valence-electron chi connectivity index (χ0n) is 18.3. The van der Waals surface area contributed by atoms with Gasteiger partial charge < -0.3 is 19.9 Å². The number of rotatable bonds is 5. The summed E-state index contributed by atoms with van der Waals surface area (Å²) < 4.78 is 6.03. The Hall–Kier alpha value is -2.77. The Morgan fingerprint density at radius 3 is 2.81 bits per heavy atom. The molecule has 2 aromatic heterocycles. The summed E-state index contributed by atoms with van der Waals surface area (Å²) in [5.41, 5.74) is 3.75. The van der Waals surface area contributed by atoms with E-state index in [1.54, 1.807) is 6.07 Å². The van der Waals surface area contributed by atoms with Crippen molar-refractivity contribution in [2.45, 2.75) is 26.3 Å². The third kappa shape index (κ3) is 4.14. The summed E-state index contributed by atoms with van der Waals surface area (Å²) >= 11 is 6.05. The van der Waals surface area contributed by atoms with Gasteiger partial charge in [0, 0.05) is 44.8 Å². The van der Waals surface area contributed by atoms with E-state index in [-0.39, 0.29) is 5.56 Å². The molecular formula is C24H28ClN5O2. The molecule has 32 heavy (non-hydrogen) atoms. The highest BCUT2D eigenvalue weighted by atomic mass is 35.5. The molecule has 0 atom stereocenters. The second-order valence-corrected chi connectivity index (χ2v) is 8.76. The fraction of sp³-hybridized carbons (Fsp3) is 0.417. The Bertz CT molecular complexity index is 1190. The standard InChI is InChI=1S/C24H28ClN5O2/c1-2-32-19-14-16(13-18-22(19)23-17(24(31)27-18)5-4-8-26-23)15-29-9-11-30(12-10-29)21-7-3-6-20(25)28-21/h3,6-7,13-14,26H,2,4-5,8-12,15H2,1H3,(H,27,31). The fourth-order valence-electron chi connectivity index (χ4n) is 4.73. The fourth-order valence-corrected chi connectivity index (χ4v) is 4.89. The van der Waals surface area contributed by atoms with E-state index < -0.39 is 0 Å². The van der Waals surface area contributed by atoms with Crippen molar-refractivity contribution in [3.63, 3.8) is 0 Å². The normalized spacial score (nSPS) is 16.6. The number of pyridine rings is 2. The number of hydrogen-bond acceptors (Lipinski definition) is 6. The highest BCUT2D eigenvalue weighted by Gasteiger charge is 2.22. The second-order valence-electron chi connectivity index (χ2n) is 8.37. The average molecular weight is 454 g/mol. The van der Waals surface area contributed by atoms with Gasteiger partial charge in [0.25, 0.3) is 5.56 Å². The van der Waals surface area contributed by atoms with Crippen molar-refractivity contribution in [1.82, 2.24) is 14.9 Å². The van der Waals surface area contributed by atoms with Crippen molar-refractivity contribution in [2.75, 3.05) is 49.5 Å². The SMILES string of the molecule is CCOc1cc(CN2CCN(c3cccc(Cl)n3)CC2)cc2[nH]c(=O)c3c(c12)NCCC3. The van der Waals surface area contributed by atoms with Crippen molar-refractivity contribution in [3.05, 3.63) is 57.0 Å². The maximum absolute atomic E-state index is 12.7. The molecule has 0 saturated carbocycles. The van der Waals surface area contributed by atoms with E-state index in [0.29, 0.717) is 11.8 Å². The molecule has 2 aliphatic heterocycles. The van der Waals surface area contributed by atoms with Gasteiger partial charge in [-0.2, -0.15) is 0 Å². The summed E-state index contributed by atoms with van der Waals surface area (Å²) in [6, 6.07) is 9.97. The van der Waals surface area contributed by atoms with Crippen LogP contribution >= 0.6 is 11.6 Å². The van der Waals surface area contributed by atoms with Crippen LogP contribution in [-0.4, -0.2) is 54.2 Å². The molecule has 7 nitrogen and oxygen atoms in total. The van der Waals surface area contributed by atoms with E-state index in [2.05, 4.69) is 37.2 Å². The summed E-state index contributed by atoms with van der Waals surface area (Å²) in [5, 5.41) is 4.95. The molecule has 0 radical (unpaired) electrons. The van der Waals surface area contributed by atoms with Crippen molar-refractivity contribution >= 4 is 34.0 Å². The number of anilines is 2. The molecule has 0 unspecified atom stereocenters. The molecule has 1 aromatic carbocycles. The van der Waals surface area contributed by atoms with Crippen LogP contribution in [0.3, 0.4) is 0 Å². The third-order valence-electron chi connectivity index (χ3n) is 6.24. The van der Waals surface area contributed by atoms with E-state index in [1.165, 1.54) is 0 Å². The number of nitrogens with zero attached hydrogens (tertiary/aromatic N) is 3. The smallest absolute Gasteiger partial charge is 0.253 e. The van der Waals surface area contributed by atoms with Gasteiger partial charge in [0.2, 0.25) is 0 Å². The van der Waals surface area contributed by atoms with Gasteiger partial charge in [-0.05, 0) is 49.6 Å². The van der Waals surface area contributed by atoms with Gasteiger partial charge in [-0.15, -0.1) is 0 Å². The molecule has 3 aromatic rings. The molecule has 0 amide bonds. The molecule has 1 fully saturated rings. The van der Waals surface area contributed by atoms with E-state index in [4.69, 9.17) is 16.3 Å². The van der Waals surface area contributed by atoms with Crippen molar-refractivity contribution < 1.29 is 4.74 Å². The van der Waals surface area contributed by atoms with Gasteiger partial charge in [-0.1, -0.05) is 17.7 Å². The first kappa shape index (κ1) is 21.1. The number of ether oxygens (including phenoxy) is 1. The predicted molar refractivity (Wildman–Crippen MR) is 129 cm³/mol. The van der Waals surface area contributed by atoms with Gasteiger partial charge in [0.1, 0.15) is 16.7 Å². The lowest BCUT2D eigenvalue weighted by molar-refractivity contribution is 0.249. The van der Waals surface area contributed by atoms with Crippen LogP contribution in [0.5, 0.6) is 5.75 Å². The first-order chi connectivity index (χ1) is 15.6. The molecule has 0 spiro atoms. The lowest BCUT2D eigenvalue weighted by Crippen LogP contribution is -2.46. The first-order valence-electron chi connectivity index (χ1n) is 11.3. The molecule has 8 heteroatoms. The Balaban J connectivity index is 1.38. The van der Waals surface area contributed by atoms with E-state index in [0.717, 1.165) is 91.4 Å². The quantitative estimate of drug-likeness (QED) is 0.574. The molecule has 4 heterocycles. The molecule has 168 valence electrons. The van der Waals surface area contributed by atoms with Crippen LogP contribution in [0, 0.1) is 0 Å². The highest BCUT2D eigenvalue weighted by molar-refractivity contribution is 6.29. The predicted octanol–water partition coefficient (Wildman–Crippen LogP) is 3.66. The van der Waals surface area contributed by atoms with Gasteiger partial charge in [0.15, 0.2) is 0 Å². The molecule has 2 N–H and O–H groups in total. The molecule has 0 aliphatic carbocycles. The van der Waals surface area contributed by atoms with Crippen LogP contribution in [0.15, 0.2) is 35.1 Å². The lowest BCUT2D eigenvalue weighted by atomic mass is 9.99. The maximum Gasteiger partial charge on any atom is 0.253 e. The summed E-state index contributed by atoms with van der Waals surface area (Å²) in [7, 11) is 0. The minimum absolute atomic E-state index is 0.00179. The first-order valence-corrected chi connectivity index (χ1v) is 11.7. The van der Waals surface area contributed by atoms with Crippen LogP contribution in [0.4, 0.5) is 11.5 Å². The van der Waals surface area contributed by atoms with Crippen molar-refractivity contribution in [1.29, 1.82) is 0 Å². The summed E-state index contributed by atoms with van der Waals surface area (Å²) in [6.45, 7) is 7.91. The largest absolute Gasteiger partial charge is 0.493 e. The van der Waals surface area contributed by atoms with Crippen molar-refractivity contribution in [3.8, 4) is 5.75 Å². The number of benzene rings is 1. The number of fused-ring (bicyclic) bond motifs is 3. The monoisotopic (exact) mass is 453 g/mol. The third-order valence-corrected chi connectivity index (χ3v) is 6.45. The Morgan fingerprint density at radius 2 is 2.03 bits per heavy atom. The number of hydrogen-bond donors (Lipinski definition) is 2. The lowest BCUT2D eigenvalue weighted by Gasteiger charge is -2.35. The molecule has 1 saturated heterocycles. The van der Waals surface area contributed by atoms with Crippen LogP contribution in [0.25, 0.3) is 10.9 Å². The van der Waals surface area contributed by atoms with Gasteiger partial charge in [0.05, 0.1) is 23.2 Å². The summed E-state index contributed by atoms with van der Waals surface area (Å²) in [5.74, 6) is 1.76. The Kier molecular flexibility index (Phi) is 5.93. The van der Waals surface area contributed by atoms with Gasteiger partial charge in [-0.3, -0.25) is 9.69 Å². The van der Waals surface area contributed by atoms with Crippen LogP contribution in [0.2, 0.25) is 5.15 Å². The molecular weight excluding hydrogens is 426 g/mol. The minimum Gasteiger partial charge on any atom is -0.493 e. The molecule has 5 rings (SSSR count). The molecule has 0 bridgehead atoms. The van der Waals surface area contributed by atoms with E-state index in [9.17, 15) is 4.79 Å². The Labute approximate surface area is 192 Å². The summed E-state index contributed by atoms with van der Waals surface area (Å²) in [6.07, 6.45) is 1.77. The number of piperazine rings is 1. The number of H-pyrrole nitrogens is 1. The van der Waals surface area contributed by atoms with Gasteiger partial charge in [-0.25, -0.2) is 4.98 Å². The maximum atomic E-state index is 12.7. The zero-order chi connectivity index (χ0) is 22.1. The highest BCUT2D eigenvalue weighted by Crippen LogP contribution is 2.36. The Morgan fingerprint density at radius 1 is 1.19 bits per heavy atom. The van der Waals surface area contributed by atoms with E-state index >= 15 is 0 Å². The van der Waals surface area contributed by atoms with Crippen LogP contribution in [0.1, 0.15) is 24.5 Å². The molecule has 2 aliphatic rings. The van der Waals surface area contributed by atoms with Crippen LogP contribution < -0.4 is 20.5 Å². The number of aromatic amines is 1. The summed E-state index contributed by atoms with van der Waals surface area (Å²) in [4.78, 5) is 24.9. The number of halogens is 1. The number of nitrogens with one attached hydrogen (secondary N) is 2. The van der Waals surface area contributed by atoms with Crippen molar-refractivity contribution in [2.24, 2.45) is 0 Å². The second kappa shape index (κ2) is 9.00. The topological polar surface area (TPSA) is 73.5 Å². The zero-order valence-corrected chi connectivity index (χ0v) is 19.0. The average Bonchev–Trinajstić information content (AvgIpc) is 2.80. The van der Waals surface area contributed by atoms with E-state index in [1.807, 2.05) is 19.1 Å².